The molecule has 3 atom stereocenters. The van der Waals surface area contributed by atoms with Gasteiger partial charge in [0.1, 0.15) is 0 Å². The van der Waals surface area contributed by atoms with Gasteiger partial charge in [0.25, 0.3) is 0 Å². The van der Waals surface area contributed by atoms with Gasteiger partial charge in [-0.15, -0.1) is 11.6 Å². The molecule has 1 aliphatic rings. The van der Waals surface area contributed by atoms with Crippen molar-refractivity contribution in [3.63, 3.8) is 0 Å². The summed E-state index contributed by atoms with van der Waals surface area (Å²) in [5.41, 5.74) is -2.92. The molecule has 0 bridgehead atoms. The van der Waals surface area contributed by atoms with Crippen molar-refractivity contribution in [2.24, 2.45) is 0 Å². The highest BCUT2D eigenvalue weighted by Crippen LogP contribution is 2.39. The molecule has 0 saturated carbocycles. The molecule has 3 unspecified atom stereocenters. The van der Waals surface area contributed by atoms with Crippen molar-refractivity contribution in [1.82, 2.24) is 16.0 Å². The van der Waals surface area contributed by atoms with E-state index in [0.717, 1.165) is 5.56 Å². The van der Waals surface area contributed by atoms with Crippen LogP contribution >= 0.6 is 11.6 Å². The standard InChI is InChI=1S/C24H26ClF6N3O2/c1-15(16-9-18(23(26,27)28)11-19(10-16)24(29,30)31)36-13-22(17-5-3-2-4-6-17)8-7-20(12-33-22)34-21(35)32-14-25/h2-6,9-11,15,20,33H,7-8,12-14H2,1H3,(H2,32,34,35). The number of nitrogens with one attached hydrogen (secondary N) is 3. The predicted octanol–water partition coefficient (Wildman–Crippen LogP) is 5.94. The van der Waals surface area contributed by atoms with Gasteiger partial charge in [0.2, 0.25) is 0 Å². The fraction of sp³-hybridized carbons (Fsp3) is 0.458. The van der Waals surface area contributed by atoms with E-state index in [4.69, 9.17) is 16.3 Å². The van der Waals surface area contributed by atoms with Crippen LogP contribution in [0.3, 0.4) is 0 Å². The Morgan fingerprint density at radius 2 is 1.72 bits per heavy atom. The van der Waals surface area contributed by atoms with Crippen LogP contribution in [0.15, 0.2) is 48.5 Å². The van der Waals surface area contributed by atoms with Crippen LogP contribution in [0.2, 0.25) is 0 Å². The molecule has 0 aliphatic carbocycles. The first-order valence-electron chi connectivity index (χ1n) is 11.2. The molecule has 2 aromatic rings. The number of alkyl halides is 7. The number of hydrogen-bond donors (Lipinski definition) is 3. The van der Waals surface area contributed by atoms with E-state index >= 15 is 0 Å². The number of hydrogen-bond acceptors (Lipinski definition) is 3. The Bertz CT molecular complexity index is 992. The first kappa shape index (κ1) is 28.1. The third kappa shape index (κ3) is 7.04. The van der Waals surface area contributed by atoms with Crippen LogP contribution < -0.4 is 16.0 Å². The molecule has 2 amide bonds. The summed E-state index contributed by atoms with van der Waals surface area (Å²) in [5, 5.41) is 8.59. The molecular formula is C24H26ClF6N3O2. The van der Waals surface area contributed by atoms with Gasteiger partial charge in [0.05, 0.1) is 35.4 Å². The average Bonchev–Trinajstić information content (AvgIpc) is 2.83. The summed E-state index contributed by atoms with van der Waals surface area (Å²) in [5.74, 6) is 0. The molecule has 0 aromatic heterocycles. The number of carbonyl (C=O) groups is 1. The number of urea groups is 1. The topological polar surface area (TPSA) is 62.4 Å². The van der Waals surface area contributed by atoms with Crippen LogP contribution in [0.1, 0.15) is 48.1 Å². The van der Waals surface area contributed by atoms with Crippen molar-refractivity contribution in [3.05, 3.63) is 70.8 Å². The Balaban J connectivity index is 1.80. The van der Waals surface area contributed by atoms with Crippen LogP contribution in [0, 0.1) is 0 Å². The Labute approximate surface area is 209 Å². The number of benzene rings is 2. The normalized spacial score (nSPS) is 21.6. The number of piperidine rings is 1. The molecule has 36 heavy (non-hydrogen) atoms. The molecule has 1 fully saturated rings. The van der Waals surface area contributed by atoms with Gasteiger partial charge < -0.3 is 20.7 Å². The third-order valence-corrected chi connectivity index (χ3v) is 6.29. The lowest BCUT2D eigenvalue weighted by molar-refractivity contribution is -0.143. The van der Waals surface area contributed by atoms with Crippen molar-refractivity contribution in [2.45, 2.75) is 49.8 Å². The molecule has 0 radical (unpaired) electrons. The van der Waals surface area contributed by atoms with Crippen molar-refractivity contribution in [2.75, 3.05) is 19.2 Å². The molecule has 1 saturated heterocycles. The number of amides is 2. The summed E-state index contributed by atoms with van der Waals surface area (Å²) < 4.78 is 85.5. The van der Waals surface area contributed by atoms with Gasteiger partial charge in [-0.05, 0) is 49.1 Å². The van der Waals surface area contributed by atoms with E-state index in [9.17, 15) is 31.1 Å². The average molecular weight is 538 g/mol. The second-order valence-corrected chi connectivity index (χ2v) is 8.91. The highest BCUT2D eigenvalue weighted by atomic mass is 35.5. The number of carbonyl (C=O) groups excluding carboxylic acids is 1. The van der Waals surface area contributed by atoms with Crippen LogP contribution in [-0.4, -0.2) is 31.2 Å². The molecule has 3 N–H and O–H groups in total. The van der Waals surface area contributed by atoms with E-state index < -0.39 is 41.2 Å². The zero-order chi connectivity index (χ0) is 26.6. The lowest BCUT2D eigenvalue weighted by Gasteiger charge is -2.42. The second-order valence-electron chi connectivity index (χ2n) is 8.64. The highest BCUT2D eigenvalue weighted by molar-refractivity contribution is 6.18. The van der Waals surface area contributed by atoms with Gasteiger partial charge in [-0.1, -0.05) is 30.3 Å². The van der Waals surface area contributed by atoms with E-state index in [1.165, 1.54) is 6.92 Å². The number of halogens is 7. The first-order chi connectivity index (χ1) is 16.8. The predicted molar refractivity (Wildman–Crippen MR) is 122 cm³/mol. The van der Waals surface area contributed by atoms with Crippen LogP contribution in [0.25, 0.3) is 0 Å². The van der Waals surface area contributed by atoms with E-state index in [1.54, 1.807) is 0 Å². The summed E-state index contributed by atoms with van der Waals surface area (Å²) in [6.45, 7) is 1.76. The Morgan fingerprint density at radius 3 is 2.22 bits per heavy atom. The second kappa shape index (κ2) is 11.3. The van der Waals surface area contributed by atoms with Gasteiger partial charge in [-0.3, -0.25) is 0 Å². The number of rotatable bonds is 7. The summed E-state index contributed by atoms with van der Waals surface area (Å²) >= 11 is 5.50. The minimum atomic E-state index is -4.94. The van der Waals surface area contributed by atoms with Crippen molar-refractivity contribution in [3.8, 4) is 0 Å². The van der Waals surface area contributed by atoms with Gasteiger partial charge in [-0.2, -0.15) is 26.3 Å². The van der Waals surface area contributed by atoms with Crippen LogP contribution in [0.5, 0.6) is 0 Å². The molecule has 0 spiro atoms. The molecule has 198 valence electrons. The molecule has 5 nitrogen and oxygen atoms in total. The Kier molecular flexibility index (Phi) is 8.79. The monoisotopic (exact) mass is 537 g/mol. The minimum Gasteiger partial charge on any atom is -0.372 e. The first-order valence-corrected chi connectivity index (χ1v) is 11.7. The maximum atomic E-state index is 13.3. The lowest BCUT2D eigenvalue weighted by atomic mass is 9.81. The largest absolute Gasteiger partial charge is 0.416 e. The summed E-state index contributed by atoms with van der Waals surface area (Å²) in [4.78, 5) is 11.8. The van der Waals surface area contributed by atoms with Gasteiger partial charge in [0, 0.05) is 12.6 Å². The van der Waals surface area contributed by atoms with E-state index in [2.05, 4.69) is 16.0 Å². The maximum Gasteiger partial charge on any atom is 0.416 e. The Hall–Kier alpha value is -2.50. The van der Waals surface area contributed by atoms with E-state index in [1.807, 2.05) is 30.3 Å². The smallest absolute Gasteiger partial charge is 0.372 e. The molecule has 12 heteroatoms. The zero-order valence-corrected chi connectivity index (χ0v) is 20.0. The SMILES string of the molecule is CC(OCC1(c2ccccc2)CCC(NC(=O)NCCl)CN1)c1cc(C(F)(F)F)cc(C(F)(F)F)c1. The van der Waals surface area contributed by atoms with E-state index in [-0.39, 0.29) is 30.3 Å². The third-order valence-electron chi connectivity index (χ3n) is 6.15. The van der Waals surface area contributed by atoms with Gasteiger partial charge in [-0.25, -0.2) is 4.79 Å². The van der Waals surface area contributed by atoms with E-state index in [0.29, 0.717) is 31.5 Å². The summed E-state index contributed by atoms with van der Waals surface area (Å²) in [7, 11) is 0. The molecular weight excluding hydrogens is 512 g/mol. The zero-order valence-electron chi connectivity index (χ0n) is 19.3. The molecule has 1 aliphatic heterocycles. The fourth-order valence-corrected chi connectivity index (χ4v) is 4.26. The molecule has 1 heterocycles. The molecule has 3 rings (SSSR count). The maximum absolute atomic E-state index is 13.3. The van der Waals surface area contributed by atoms with Crippen molar-refractivity contribution in [1.29, 1.82) is 0 Å². The Morgan fingerprint density at radius 1 is 1.11 bits per heavy atom. The quantitative estimate of drug-likeness (QED) is 0.232. The van der Waals surface area contributed by atoms with Crippen molar-refractivity contribution >= 4 is 17.6 Å². The highest BCUT2D eigenvalue weighted by Gasteiger charge is 2.39. The molecule has 2 aromatic carbocycles. The fourth-order valence-electron chi connectivity index (χ4n) is 4.14. The minimum absolute atomic E-state index is 0.0175. The van der Waals surface area contributed by atoms with Crippen LogP contribution in [0.4, 0.5) is 31.1 Å². The van der Waals surface area contributed by atoms with Crippen molar-refractivity contribution < 1.29 is 35.9 Å². The van der Waals surface area contributed by atoms with Crippen LogP contribution in [-0.2, 0) is 22.6 Å². The van der Waals surface area contributed by atoms with Gasteiger partial charge in [0.15, 0.2) is 0 Å². The lowest BCUT2D eigenvalue weighted by Crippen LogP contribution is -2.58. The number of ether oxygens (including phenoxy) is 1. The van der Waals surface area contributed by atoms with Gasteiger partial charge >= 0.3 is 18.4 Å². The summed E-state index contributed by atoms with van der Waals surface area (Å²) in [6.07, 6.45) is -9.89. The summed E-state index contributed by atoms with van der Waals surface area (Å²) in [6, 6.07) is 9.98.